The molecule has 4 nitrogen and oxygen atoms in total. The number of hydrogen-bond donors (Lipinski definition) is 0. The SMILES string of the molecule is CCN(CC)CCCOc1ccc(C(=O)c2oc3ccccc3c2-c2ccc(Cl)cc2)cc1. The van der Waals surface area contributed by atoms with Crippen molar-refractivity contribution < 1.29 is 13.9 Å². The molecule has 0 fully saturated rings. The highest BCUT2D eigenvalue weighted by molar-refractivity contribution is 6.30. The van der Waals surface area contributed by atoms with Crippen LogP contribution in [0.15, 0.2) is 77.2 Å². The second-order valence-electron chi connectivity index (χ2n) is 7.89. The third kappa shape index (κ3) is 5.29. The predicted molar refractivity (Wildman–Crippen MR) is 134 cm³/mol. The fourth-order valence-electron chi connectivity index (χ4n) is 3.96. The van der Waals surface area contributed by atoms with Crippen molar-refractivity contribution in [2.75, 3.05) is 26.2 Å². The molecule has 1 heterocycles. The molecule has 0 unspecified atom stereocenters. The lowest BCUT2D eigenvalue weighted by Gasteiger charge is -2.17. The first-order chi connectivity index (χ1) is 16.1. The third-order valence-corrected chi connectivity index (χ3v) is 6.08. The Morgan fingerprint density at radius 1 is 0.939 bits per heavy atom. The zero-order valence-electron chi connectivity index (χ0n) is 19.0. The largest absolute Gasteiger partial charge is 0.494 e. The summed E-state index contributed by atoms with van der Waals surface area (Å²) in [5.74, 6) is 0.921. The van der Waals surface area contributed by atoms with Crippen LogP contribution in [0.25, 0.3) is 22.1 Å². The molecule has 0 spiro atoms. The molecule has 33 heavy (non-hydrogen) atoms. The van der Waals surface area contributed by atoms with Crippen LogP contribution in [0.4, 0.5) is 0 Å². The molecule has 0 aliphatic heterocycles. The molecular formula is C28H28ClNO3. The molecule has 3 aromatic carbocycles. The summed E-state index contributed by atoms with van der Waals surface area (Å²) in [6.07, 6.45) is 0.964. The van der Waals surface area contributed by atoms with Gasteiger partial charge in [-0.1, -0.05) is 55.8 Å². The van der Waals surface area contributed by atoms with E-state index in [1.165, 1.54) is 0 Å². The maximum atomic E-state index is 13.4. The maximum absolute atomic E-state index is 13.4. The average Bonchev–Trinajstić information content (AvgIpc) is 3.24. The molecule has 4 rings (SSSR count). The number of carbonyl (C=O) groups is 1. The molecule has 0 aliphatic carbocycles. The van der Waals surface area contributed by atoms with E-state index in [1.807, 2.05) is 60.7 Å². The first kappa shape index (κ1) is 23.1. The van der Waals surface area contributed by atoms with E-state index in [2.05, 4.69) is 18.7 Å². The van der Waals surface area contributed by atoms with Gasteiger partial charge in [-0.25, -0.2) is 0 Å². The Kier molecular flexibility index (Phi) is 7.48. The highest BCUT2D eigenvalue weighted by Gasteiger charge is 2.23. The molecule has 0 radical (unpaired) electrons. The molecule has 0 atom stereocenters. The molecule has 4 aromatic rings. The zero-order valence-corrected chi connectivity index (χ0v) is 19.8. The number of fused-ring (bicyclic) bond motifs is 1. The number of nitrogens with zero attached hydrogens (tertiary/aromatic N) is 1. The molecular weight excluding hydrogens is 434 g/mol. The number of ether oxygens (including phenoxy) is 1. The molecule has 170 valence electrons. The summed E-state index contributed by atoms with van der Waals surface area (Å²) in [7, 11) is 0. The monoisotopic (exact) mass is 461 g/mol. The van der Waals surface area contributed by atoms with Gasteiger partial charge < -0.3 is 14.1 Å². The van der Waals surface area contributed by atoms with Crippen molar-refractivity contribution in [2.45, 2.75) is 20.3 Å². The lowest BCUT2D eigenvalue weighted by atomic mass is 9.98. The first-order valence-corrected chi connectivity index (χ1v) is 11.8. The van der Waals surface area contributed by atoms with Crippen molar-refractivity contribution in [2.24, 2.45) is 0 Å². The molecule has 0 saturated carbocycles. The number of benzene rings is 3. The Morgan fingerprint density at radius 2 is 1.64 bits per heavy atom. The lowest BCUT2D eigenvalue weighted by Crippen LogP contribution is -2.25. The average molecular weight is 462 g/mol. The number of carbonyl (C=O) groups excluding carboxylic acids is 1. The molecule has 0 bridgehead atoms. The summed E-state index contributed by atoms with van der Waals surface area (Å²) < 4.78 is 11.9. The number of para-hydroxylation sites is 1. The van der Waals surface area contributed by atoms with Crippen molar-refractivity contribution in [3.05, 3.63) is 89.1 Å². The summed E-state index contributed by atoms with van der Waals surface area (Å²) in [6, 6.07) is 22.4. The number of halogens is 1. The van der Waals surface area contributed by atoms with Crippen molar-refractivity contribution in [1.82, 2.24) is 4.90 Å². The summed E-state index contributed by atoms with van der Waals surface area (Å²) in [6.45, 7) is 8.10. The van der Waals surface area contributed by atoms with E-state index in [1.54, 1.807) is 12.1 Å². The van der Waals surface area contributed by atoms with Gasteiger partial charge in [0.2, 0.25) is 5.78 Å². The molecule has 0 saturated heterocycles. The number of rotatable bonds is 10. The van der Waals surface area contributed by atoms with Crippen molar-refractivity contribution in [3.63, 3.8) is 0 Å². The fraction of sp³-hybridized carbons (Fsp3) is 0.250. The van der Waals surface area contributed by atoms with Gasteiger partial charge in [0.15, 0.2) is 5.76 Å². The Morgan fingerprint density at radius 3 is 2.33 bits per heavy atom. The predicted octanol–water partition coefficient (Wildman–Crippen LogP) is 7.09. The Labute approximate surface area is 199 Å². The van der Waals surface area contributed by atoms with Crippen molar-refractivity contribution in [1.29, 1.82) is 0 Å². The molecule has 1 aromatic heterocycles. The quantitative estimate of drug-likeness (QED) is 0.187. The molecule has 0 N–H and O–H groups in total. The number of hydrogen-bond acceptors (Lipinski definition) is 4. The van der Waals surface area contributed by atoms with Gasteiger partial charge in [-0.15, -0.1) is 0 Å². The van der Waals surface area contributed by atoms with E-state index in [-0.39, 0.29) is 5.78 Å². The van der Waals surface area contributed by atoms with E-state index in [4.69, 9.17) is 20.8 Å². The van der Waals surface area contributed by atoms with Gasteiger partial charge in [-0.3, -0.25) is 4.79 Å². The third-order valence-electron chi connectivity index (χ3n) is 5.83. The fourth-order valence-corrected chi connectivity index (χ4v) is 4.09. The second kappa shape index (κ2) is 10.7. The van der Waals surface area contributed by atoms with Crippen LogP contribution in [0.2, 0.25) is 5.02 Å². The summed E-state index contributed by atoms with van der Waals surface area (Å²) in [5.41, 5.74) is 2.91. The van der Waals surface area contributed by atoms with Crippen LogP contribution in [0.5, 0.6) is 5.75 Å². The maximum Gasteiger partial charge on any atom is 0.228 e. The van der Waals surface area contributed by atoms with E-state index < -0.39 is 0 Å². The minimum absolute atomic E-state index is 0.163. The smallest absolute Gasteiger partial charge is 0.228 e. The first-order valence-electron chi connectivity index (χ1n) is 11.4. The van der Waals surface area contributed by atoms with Gasteiger partial charge in [0.05, 0.1) is 6.61 Å². The highest BCUT2D eigenvalue weighted by atomic mass is 35.5. The van der Waals surface area contributed by atoms with Crippen LogP contribution >= 0.6 is 11.6 Å². The lowest BCUT2D eigenvalue weighted by molar-refractivity contribution is 0.101. The van der Waals surface area contributed by atoms with Gasteiger partial charge in [0.1, 0.15) is 11.3 Å². The summed E-state index contributed by atoms with van der Waals surface area (Å²) >= 11 is 6.08. The minimum atomic E-state index is -0.163. The Hall–Kier alpha value is -3.08. The molecule has 0 aliphatic rings. The second-order valence-corrected chi connectivity index (χ2v) is 8.33. The minimum Gasteiger partial charge on any atom is -0.494 e. The van der Waals surface area contributed by atoms with Gasteiger partial charge in [-0.05, 0) is 67.5 Å². The van der Waals surface area contributed by atoms with E-state index >= 15 is 0 Å². The molecule has 5 heteroatoms. The van der Waals surface area contributed by atoms with Gasteiger partial charge in [-0.2, -0.15) is 0 Å². The van der Waals surface area contributed by atoms with E-state index in [0.717, 1.165) is 48.3 Å². The summed E-state index contributed by atoms with van der Waals surface area (Å²) in [4.78, 5) is 15.8. The Bertz CT molecular complexity index is 1210. The number of ketones is 1. The van der Waals surface area contributed by atoms with E-state index in [9.17, 15) is 4.79 Å². The van der Waals surface area contributed by atoms with Crippen molar-refractivity contribution >= 4 is 28.4 Å². The van der Waals surface area contributed by atoms with Crippen LogP contribution in [-0.4, -0.2) is 36.9 Å². The Balaban J connectivity index is 1.54. The van der Waals surface area contributed by atoms with Crippen molar-refractivity contribution in [3.8, 4) is 16.9 Å². The number of furan rings is 1. The standard InChI is InChI=1S/C28H28ClNO3/c1-3-30(4-2)18-7-19-32-23-16-12-21(13-17-23)27(31)28-26(20-10-14-22(29)15-11-20)24-8-5-6-9-25(24)33-28/h5-6,8-17H,3-4,7,18-19H2,1-2H3. The van der Waals surface area contributed by atoms with E-state index in [0.29, 0.717) is 28.5 Å². The van der Waals surface area contributed by atoms with Crippen LogP contribution in [0, 0.1) is 0 Å². The van der Waals surface area contributed by atoms with Crippen LogP contribution in [0.1, 0.15) is 36.4 Å². The molecule has 0 amide bonds. The van der Waals surface area contributed by atoms with Crippen LogP contribution in [0.3, 0.4) is 0 Å². The van der Waals surface area contributed by atoms with Gasteiger partial charge >= 0.3 is 0 Å². The highest BCUT2D eigenvalue weighted by Crippen LogP contribution is 2.36. The van der Waals surface area contributed by atoms with Crippen LogP contribution < -0.4 is 4.74 Å². The van der Waals surface area contributed by atoms with Gasteiger partial charge in [0, 0.05) is 28.1 Å². The topological polar surface area (TPSA) is 42.7 Å². The zero-order chi connectivity index (χ0) is 23.2. The normalized spacial score (nSPS) is 11.3. The van der Waals surface area contributed by atoms with Gasteiger partial charge in [0.25, 0.3) is 0 Å². The van der Waals surface area contributed by atoms with Crippen LogP contribution in [-0.2, 0) is 0 Å². The summed E-state index contributed by atoms with van der Waals surface area (Å²) in [5, 5.41) is 1.54.